The zero-order valence-corrected chi connectivity index (χ0v) is 8.15. The summed E-state index contributed by atoms with van der Waals surface area (Å²) in [7, 11) is 0. The maximum absolute atomic E-state index is 0. The van der Waals surface area contributed by atoms with Crippen LogP contribution in [0.3, 0.4) is 0 Å². The Morgan fingerprint density at radius 1 is 0.500 bits per heavy atom. The largest absolute Gasteiger partial charge is 0 e. The van der Waals surface area contributed by atoms with Crippen LogP contribution in [0.2, 0.25) is 0 Å². The van der Waals surface area contributed by atoms with Crippen LogP contribution in [0.4, 0.5) is 0 Å². The third-order valence-electron chi connectivity index (χ3n) is 0. The minimum absolute atomic E-state index is 0. The maximum Gasteiger partial charge on any atom is 0 e. The van der Waals surface area contributed by atoms with Gasteiger partial charge >= 0.3 is 0 Å². The van der Waals surface area contributed by atoms with Gasteiger partial charge < -0.3 is 0 Å². The van der Waals surface area contributed by atoms with Gasteiger partial charge in [-0.25, -0.2) is 0 Å². The molecule has 9 radical (unpaired) electrons. The van der Waals surface area contributed by atoms with Crippen LogP contribution in [0, 0.1) is 0 Å². The molecule has 0 aromatic rings. The van der Waals surface area contributed by atoms with Crippen molar-refractivity contribution in [1.82, 2.24) is 0 Å². The van der Waals surface area contributed by atoms with Crippen LogP contribution in [0.1, 0.15) is 0 Å². The van der Waals surface area contributed by atoms with Crippen molar-refractivity contribution in [1.29, 1.82) is 0 Å². The Labute approximate surface area is 77.2 Å². The molecule has 0 aromatic heterocycles. The predicted octanol–water partition coefficient (Wildman–Crippen LogP) is -1.14. The number of hydrogen-bond donors (Lipinski definition) is 0. The van der Waals surface area contributed by atoms with Crippen LogP contribution < -0.4 is 0 Å². The van der Waals surface area contributed by atoms with E-state index in [1.165, 1.54) is 0 Å². The number of hydrogen-bond acceptors (Lipinski definition) is 0. The van der Waals surface area contributed by atoms with Gasteiger partial charge in [0.05, 0.1) is 0 Å². The summed E-state index contributed by atoms with van der Waals surface area (Å²) < 4.78 is 0. The van der Waals surface area contributed by atoms with Gasteiger partial charge in [-0.15, -0.1) is 0 Å². The first-order valence-corrected chi connectivity index (χ1v) is 0. The molecular formula is Al3Zr. The predicted molar refractivity (Wildman–Crippen MR) is 17.3 cm³/mol. The van der Waals surface area contributed by atoms with E-state index in [4.69, 9.17) is 0 Å². The molecule has 0 N–H and O–H groups in total. The molecule has 0 fully saturated rings. The van der Waals surface area contributed by atoms with Gasteiger partial charge in [-0.05, 0) is 0 Å². The monoisotopic (exact) mass is 171 g/mol. The quantitative estimate of drug-likeness (QED) is 0.405. The van der Waals surface area contributed by atoms with E-state index in [2.05, 4.69) is 0 Å². The SMILES string of the molecule is [Al].[Al].[Al].[Zr]. The average molecular weight is 172 g/mol. The summed E-state index contributed by atoms with van der Waals surface area (Å²) in [4.78, 5) is 0. The molecule has 0 saturated heterocycles. The van der Waals surface area contributed by atoms with Crippen LogP contribution in [0.5, 0.6) is 0 Å². The smallest absolute Gasteiger partial charge is 0 e. The van der Waals surface area contributed by atoms with Gasteiger partial charge in [0.2, 0.25) is 0 Å². The van der Waals surface area contributed by atoms with E-state index in [0.29, 0.717) is 0 Å². The second-order valence-electron chi connectivity index (χ2n) is 0. The molecule has 4 heteroatoms. The molecule has 0 unspecified atom stereocenters. The van der Waals surface area contributed by atoms with Crippen molar-refractivity contribution in [3.05, 3.63) is 0 Å². The van der Waals surface area contributed by atoms with Crippen LogP contribution in [0.25, 0.3) is 0 Å². The van der Waals surface area contributed by atoms with Crippen molar-refractivity contribution in [2.75, 3.05) is 0 Å². The zero-order chi connectivity index (χ0) is 0. The van der Waals surface area contributed by atoms with Gasteiger partial charge in [0.15, 0.2) is 0 Å². The van der Waals surface area contributed by atoms with E-state index in [1.807, 2.05) is 0 Å². The fourth-order valence-corrected chi connectivity index (χ4v) is 0. The molecule has 0 saturated carbocycles. The molecule has 0 spiro atoms. The Morgan fingerprint density at radius 2 is 0.500 bits per heavy atom. The van der Waals surface area contributed by atoms with Crippen molar-refractivity contribution < 1.29 is 26.2 Å². The Balaban J connectivity index is 0. The minimum Gasteiger partial charge on any atom is 0 e. The van der Waals surface area contributed by atoms with E-state index in [-0.39, 0.29) is 78.3 Å². The second-order valence-corrected chi connectivity index (χ2v) is 0. The molecule has 0 heterocycles. The third-order valence-corrected chi connectivity index (χ3v) is 0. The summed E-state index contributed by atoms with van der Waals surface area (Å²) in [6.45, 7) is 0. The van der Waals surface area contributed by atoms with Crippen LogP contribution in [0.15, 0.2) is 0 Å². The molecule has 0 aliphatic rings. The Kier molecular flexibility index (Phi) is 141. The Hall–Kier alpha value is 2.48. The summed E-state index contributed by atoms with van der Waals surface area (Å²) in [5, 5.41) is 0. The van der Waals surface area contributed by atoms with E-state index < -0.39 is 0 Å². The maximum atomic E-state index is 0. The summed E-state index contributed by atoms with van der Waals surface area (Å²) in [5.41, 5.74) is 0. The second kappa shape index (κ2) is 17.9. The number of rotatable bonds is 0. The van der Waals surface area contributed by atoms with E-state index in [9.17, 15) is 0 Å². The van der Waals surface area contributed by atoms with E-state index >= 15 is 0 Å². The van der Waals surface area contributed by atoms with Gasteiger partial charge in [-0.3, -0.25) is 0 Å². The van der Waals surface area contributed by atoms with Gasteiger partial charge in [-0.1, -0.05) is 0 Å². The fourth-order valence-electron chi connectivity index (χ4n) is 0. The Morgan fingerprint density at radius 3 is 0.500 bits per heavy atom. The Bertz CT molecular complexity index is 3.25. The zero-order valence-electron chi connectivity index (χ0n) is 2.23. The molecule has 0 atom stereocenters. The van der Waals surface area contributed by atoms with Gasteiger partial charge in [0.25, 0.3) is 0 Å². The molecule has 0 aliphatic heterocycles. The molecule has 4 heavy (non-hydrogen) atoms. The first kappa shape index (κ1) is 31.6. The molecule has 0 bridgehead atoms. The summed E-state index contributed by atoms with van der Waals surface area (Å²) >= 11 is 0. The molecule has 13 valence electrons. The normalized spacial score (nSPS) is 0. The third kappa shape index (κ3) is 8.82. The van der Waals surface area contributed by atoms with E-state index in [0.717, 1.165) is 0 Å². The average Bonchev–Trinajstić information content (AvgIpc) is 0. The van der Waals surface area contributed by atoms with Crippen molar-refractivity contribution in [2.24, 2.45) is 0 Å². The topological polar surface area (TPSA) is 0 Å². The van der Waals surface area contributed by atoms with Gasteiger partial charge in [0.1, 0.15) is 0 Å². The van der Waals surface area contributed by atoms with Crippen LogP contribution in [-0.2, 0) is 26.2 Å². The van der Waals surface area contributed by atoms with Gasteiger partial charge in [-0.2, -0.15) is 0 Å². The van der Waals surface area contributed by atoms with Crippen molar-refractivity contribution in [2.45, 2.75) is 0 Å². The van der Waals surface area contributed by atoms with Gasteiger partial charge in [0, 0.05) is 78.3 Å². The summed E-state index contributed by atoms with van der Waals surface area (Å²) in [6, 6.07) is 0. The van der Waals surface area contributed by atoms with Crippen molar-refractivity contribution in [3.8, 4) is 0 Å². The molecule has 0 aromatic carbocycles. The molecule has 0 aliphatic carbocycles. The molecular weight excluding hydrogens is 172 g/mol. The van der Waals surface area contributed by atoms with E-state index in [1.54, 1.807) is 0 Å². The summed E-state index contributed by atoms with van der Waals surface area (Å²) in [5.74, 6) is 0. The minimum atomic E-state index is 0. The van der Waals surface area contributed by atoms with Crippen molar-refractivity contribution >= 4 is 52.1 Å². The van der Waals surface area contributed by atoms with Crippen molar-refractivity contribution in [3.63, 3.8) is 0 Å². The fraction of sp³-hybridized carbons (Fsp3) is 0. The molecule has 0 rings (SSSR count). The van der Waals surface area contributed by atoms with Crippen LogP contribution in [-0.4, -0.2) is 52.1 Å². The standard InChI is InChI=1S/3Al.Zr. The summed E-state index contributed by atoms with van der Waals surface area (Å²) in [6.07, 6.45) is 0. The van der Waals surface area contributed by atoms with Crippen LogP contribution >= 0.6 is 0 Å². The first-order valence-electron chi connectivity index (χ1n) is 0. The first-order chi connectivity index (χ1) is 0. The molecule has 0 amide bonds. The molecule has 0 nitrogen and oxygen atoms in total.